The van der Waals surface area contributed by atoms with Gasteiger partial charge in [-0.2, -0.15) is 0 Å². The lowest BCUT2D eigenvalue weighted by Gasteiger charge is -2.12. The lowest BCUT2D eigenvalue weighted by molar-refractivity contribution is 0.166. The molecule has 2 atom stereocenters. The summed E-state index contributed by atoms with van der Waals surface area (Å²) in [4.78, 5) is 0. The highest BCUT2D eigenvalue weighted by molar-refractivity contribution is 4.59. The van der Waals surface area contributed by atoms with E-state index in [1.807, 2.05) is 6.92 Å². The lowest BCUT2D eigenvalue weighted by atomic mass is 10.2. The molecule has 0 radical (unpaired) electrons. The first-order valence-corrected chi connectivity index (χ1v) is 4.57. The van der Waals surface area contributed by atoms with Crippen molar-refractivity contribution in [3.8, 4) is 0 Å². The van der Waals surface area contributed by atoms with Crippen molar-refractivity contribution in [2.45, 2.75) is 38.8 Å². The van der Waals surface area contributed by atoms with Crippen LogP contribution in [0.4, 0.5) is 0 Å². The van der Waals surface area contributed by atoms with Gasteiger partial charge in [-0.3, -0.25) is 0 Å². The number of nitrogens with one attached hydrogen (secondary N) is 1. The molecule has 0 amide bonds. The Morgan fingerprint density at radius 3 is 2.58 bits per heavy atom. The summed E-state index contributed by atoms with van der Waals surface area (Å²) in [5.74, 6) is 0. The number of hydrogen-bond acceptors (Lipinski definition) is 3. The normalized spacial score (nSPS) is 16.0. The third-order valence-corrected chi connectivity index (χ3v) is 1.71. The number of ether oxygens (including phenoxy) is 1. The van der Waals surface area contributed by atoms with Crippen LogP contribution in [0.2, 0.25) is 0 Å². The van der Waals surface area contributed by atoms with Crippen molar-refractivity contribution in [3.63, 3.8) is 0 Å². The summed E-state index contributed by atoms with van der Waals surface area (Å²) in [6.45, 7) is 5.61. The van der Waals surface area contributed by atoms with Gasteiger partial charge in [0.15, 0.2) is 0 Å². The molecule has 0 aromatic rings. The second-order valence-electron chi connectivity index (χ2n) is 3.30. The van der Waals surface area contributed by atoms with Gasteiger partial charge in [-0.25, -0.2) is 0 Å². The van der Waals surface area contributed by atoms with Crippen LogP contribution in [0.15, 0.2) is 0 Å². The third kappa shape index (κ3) is 7.98. The van der Waals surface area contributed by atoms with E-state index >= 15 is 0 Å². The first-order valence-electron chi connectivity index (χ1n) is 4.57. The van der Waals surface area contributed by atoms with E-state index in [1.165, 1.54) is 0 Å². The molecule has 12 heavy (non-hydrogen) atoms. The molecule has 2 unspecified atom stereocenters. The van der Waals surface area contributed by atoms with Gasteiger partial charge in [0, 0.05) is 13.2 Å². The van der Waals surface area contributed by atoms with E-state index in [4.69, 9.17) is 9.84 Å². The fourth-order valence-electron chi connectivity index (χ4n) is 1.05. The second-order valence-corrected chi connectivity index (χ2v) is 3.30. The maximum absolute atomic E-state index is 8.97. The van der Waals surface area contributed by atoms with Gasteiger partial charge >= 0.3 is 0 Å². The summed E-state index contributed by atoms with van der Waals surface area (Å²) < 4.78 is 4.97. The van der Waals surface area contributed by atoms with E-state index < -0.39 is 0 Å². The molecule has 0 rings (SSSR count). The average Bonchev–Trinajstić information content (AvgIpc) is 1.98. The number of hydrogen-bond donors (Lipinski definition) is 2. The molecule has 0 fully saturated rings. The highest BCUT2D eigenvalue weighted by Gasteiger charge is 1.99. The summed E-state index contributed by atoms with van der Waals surface area (Å²) in [6, 6.07) is 0.406. The van der Waals surface area contributed by atoms with Crippen LogP contribution in [0.25, 0.3) is 0 Å². The summed E-state index contributed by atoms with van der Waals surface area (Å²) in [5.41, 5.74) is 0. The van der Waals surface area contributed by atoms with Gasteiger partial charge in [0.25, 0.3) is 0 Å². The standard InChI is InChI=1S/C9H21NO2/c1-8(7-12-3)10-6-4-5-9(2)11/h8-11H,4-7H2,1-3H3. The highest BCUT2D eigenvalue weighted by atomic mass is 16.5. The van der Waals surface area contributed by atoms with E-state index in [2.05, 4.69) is 12.2 Å². The Morgan fingerprint density at radius 1 is 1.42 bits per heavy atom. The molecule has 0 heterocycles. The molecule has 0 bridgehead atoms. The Morgan fingerprint density at radius 2 is 2.08 bits per heavy atom. The van der Waals surface area contributed by atoms with Gasteiger partial charge < -0.3 is 15.2 Å². The molecule has 74 valence electrons. The van der Waals surface area contributed by atoms with Crippen LogP contribution < -0.4 is 5.32 Å². The molecule has 0 aliphatic rings. The highest BCUT2D eigenvalue weighted by Crippen LogP contribution is 1.94. The van der Waals surface area contributed by atoms with Gasteiger partial charge in [0.05, 0.1) is 12.7 Å². The molecule has 0 aromatic heterocycles. The Labute approximate surface area is 75.1 Å². The van der Waals surface area contributed by atoms with E-state index in [-0.39, 0.29) is 6.10 Å². The molecule has 0 saturated carbocycles. The average molecular weight is 175 g/mol. The van der Waals surface area contributed by atoms with Crippen molar-refractivity contribution in [2.24, 2.45) is 0 Å². The van der Waals surface area contributed by atoms with Crippen molar-refractivity contribution >= 4 is 0 Å². The van der Waals surface area contributed by atoms with Gasteiger partial charge in [0.2, 0.25) is 0 Å². The topological polar surface area (TPSA) is 41.5 Å². The predicted molar refractivity (Wildman–Crippen MR) is 50.3 cm³/mol. The van der Waals surface area contributed by atoms with Crippen molar-refractivity contribution in [3.05, 3.63) is 0 Å². The quantitative estimate of drug-likeness (QED) is 0.562. The van der Waals surface area contributed by atoms with E-state index in [0.29, 0.717) is 6.04 Å². The van der Waals surface area contributed by atoms with Crippen LogP contribution in [0.1, 0.15) is 26.7 Å². The first kappa shape index (κ1) is 11.9. The number of aliphatic hydroxyl groups is 1. The zero-order valence-corrected chi connectivity index (χ0v) is 8.34. The maximum atomic E-state index is 8.97. The molecule has 2 N–H and O–H groups in total. The molecular formula is C9H21NO2. The monoisotopic (exact) mass is 175 g/mol. The Balaban J connectivity index is 3.08. The minimum Gasteiger partial charge on any atom is -0.393 e. The largest absolute Gasteiger partial charge is 0.393 e. The molecule has 3 heteroatoms. The van der Waals surface area contributed by atoms with Crippen LogP contribution in [0.3, 0.4) is 0 Å². The van der Waals surface area contributed by atoms with Crippen molar-refractivity contribution < 1.29 is 9.84 Å². The predicted octanol–water partition coefficient (Wildman–Crippen LogP) is 0.772. The number of methoxy groups -OCH3 is 1. The first-order chi connectivity index (χ1) is 5.66. The van der Waals surface area contributed by atoms with Crippen LogP contribution in [-0.4, -0.2) is 37.5 Å². The fraction of sp³-hybridized carbons (Fsp3) is 1.00. The summed E-state index contributed by atoms with van der Waals surface area (Å²) in [6.07, 6.45) is 1.71. The zero-order valence-electron chi connectivity index (χ0n) is 8.34. The Kier molecular flexibility index (Phi) is 7.45. The van der Waals surface area contributed by atoms with Crippen molar-refractivity contribution in [2.75, 3.05) is 20.3 Å². The summed E-state index contributed by atoms with van der Waals surface area (Å²) in [7, 11) is 1.70. The van der Waals surface area contributed by atoms with E-state index in [9.17, 15) is 0 Å². The molecule has 0 aromatic carbocycles. The van der Waals surface area contributed by atoms with E-state index in [0.717, 1.165) is 26.0 Å². The second kappa shape index (κ2) is 7.53. The lowest BCUT2D eigenvalue weighted by Crippen LogP contribution is -2.31. The van der Waals surface area contributed by atoms with Crippen LogP contribution in [0.5, 0.6) is 0 Å². The minimum atomic E-state index is -0.176. The van der Waals surface area contributed by atoms with Crippen molar-refractivity contribution in [1.82, 2.24) is 5.32 Å². The van der Waals surface area contributed by atoms with Gasteiger partial charge in [-0.05, 0) is 33.2 Å². The molecule has 3 nitrogen and oxygen atoms in total. The van der Waals surface area contributed by atoms with Gasteiger partial charge in [-0.15, -0.1) is 0 Å². The Hall–Kier alpha value is -0.120. The van der Waals surface area contributed by atoms with E-state index in [1.54, 1.807) is 7.11 Å². The van der Waals surface area contributed by atoms with Gasteiger partial charge in [0.1, 0.15) is 0 Å². The molecule has 0 aliphatic heterocycles. The molecule has 0 aliphatic carbocycles. The Bertz CT molecular complexity index is 96.5. The fourth-order valence-corrected chi connectivity index (χ4v) is 1.05. The van der Waals surface area contributed by atoms with Gasteiger partial charge in [-0.1, -0.05) is 0 Å². The SMILES string of the molecule is COCC(C)NCCCC(C)O. The smallest absolute Gasteiger partial charge is 0.0613 e. The third-order valence-electron chi connectivity index (χ3n) is 1.71. The molecule has 0 saturated heterocycles. The van der Waals surface area contributed by atoms with Crippen LogP contribution in [0, 0.1) is 0 Å². The van der Waals surface area contributed by atoms with Crippen molar-refractivity contribution in [1.29, 1.82) is 0 Å². The van der Waals surface area contributed by atoms with Crippen LogP contribution >= 0.6 is 0 Å². The minimum absolute atomic E-state index is 0.176. The molecular weight excluding hydrogens is 154 g/mol. The summed E-state index contributed by atoms with van der Waals surface area (Å²) in [5, 5.41) is 12.3. The summed E-state index contributed by atoms with van der Waals surface area (Å²) >= 11 is 0. The number of aliphatic hydroxyl groups excluding tert-OH is 1. The van der Waals surface area contributed by atoms with Crippen LogP contribution in [-0.2, 0) is 4.74 Å². The maximum Gasteiger partial charge on any atom is 0.0613 e. The number of rotatable bonds is 7. The molecule has 0 spiro atoms. The zero-order chi connectivity index (χ0) is 9.40.